The molecular weight excluding hydrogens is 326 g/mol. The molecule has 1 fully saturated rings. The van der Waals surface area contributed by atoms with Crippen molar-refractivity contribution < 1.29 is 8.42 Å². The van der Waals surface area contributed by atoms with Crippen molar-refractivity contribution in [1.29, 1.82) is 0 Å². The average Bonchev–Trinajstić information content (AvgIpc) is 2.60. The number of nitrogens with zero attached hydrogens (tertiary/aromatic N) is 1. The molecule has 1 aromatic rings. The van der Waals surface area contributed by atoms with Crippen molar-refractivity contribution >= 4 is 33.4 Å². The fourth-order valence-electron chi connectivity index (χ4n) is 2.38. The van der Waals surface area contributed by atoms with E-state index in [-0.39, 0.29) is 10.5 Å². The quantitative estimate of drug-likeness (QED) is 0.782. The van der Waals surface area contributed by atoms with Gasteiger partial charge >= 0.3 is 0 Å². The number of benzene rings is 1. The Morgan fingerprint density at radius 2 is 2.00 bits per heavy atom. The van der Waals surface area contributed by atoms with Crippen LogP contribution in [0.1, 0.15) is 31.4 Å². The van der Waals surface area contributed by atoms with Crippen LogP contribution < -0.4 is 0 Å². The van der Waals surface area contributed by atoms with Gasteiger partial charge in [-0.15, -0.1) is 11.6 Å². The SMILES string of the molecule is CC1(C)CCN(S(=O)(=O)Cc2cccc(CCl)c2)CCS1. The number of sulfonamides is 1. The van der Waals surface area contributed by atoms with Gasteiger partial charge in [0.25, 0.3) is 0 Å². The third-order valence-electron chi connectivity index (χ3n) is 3.68. The molecule has 2 rings (SSSR count). The normalized spacial score (nSPS) is 20.1. The molecule has 0 atom stereocenters. The van der Waals surface area contributed by atoms with Gasteiger partial charge in [-0.3, -0.25) is 0 Å². The lowest BCUT2D eigenvalue weighted by molar-refractivity contribution is 0.415. The van der Waals surface area contributed by atoms with E-state index in [1.807, 2.05) is 36.0 Å². The van der Waals surface area contributed by atoms with Gasteiger partial charge in [0.15, 0.2) is 0 Å². The molecule has 0 saturated carbocycles. The summed E-state index contributed by atoms with van der Waals surface area (Å²) in [7, 11) is -3.26. The van der Waals surface area contributed by atoms with E-state index in [2.05, 4.69) is 13.8 Å². The standard InChI is InChI=1S/C15H22ClNO2S2/c1-15(2)6-7-17(8-9-20-15)21(18,19)12-14-5-3-4-13(10-14)11-16/h3-5,10H,6-9,11-12H2,1-2H3. The highest BCUT2D eigenvalue weighted by Crippen LogP contribution is 2.31. The summed E-state index contributed by atoms with van der Waals surface area (Å²) in [5.41, 5.74) is 1.77. The second-order valence-corrected chi connectivity index (χ2v) is 10.0. The number of hydrogen-bond acceptors (Lipinski definition) is 3. The van der Waals surface area contributed by atoms with Crippen LogP contribution in [-0.2, 0) is 21.7 Å². The Morgan fingerprint density at radius 3 is 2.71 bits per heavy atom. The van der Waals surface area contributed by atoms with Gasteiger partial charge in [-0.2, -0.15) is 11.8 Å². The Kier molecular flexibility index (Phi) is 5.63. The van der Waals surface area contributed by atoms with Gasteiger partial charge < -0.3 is 0 Å². The summed E-state index contributed by atoms with van der Waals surface area (Å²) in [6.07, 6.45) is 0.888. The third-order valence-corrected chi connectivity index (χ3v) is 7.22. The van der Waals surface area contributed by atoms with Crippen molar-refractivity contribution in [3.05, 3.63) is 35.4 Å². The van der Waals surface area contributed by atoms with Crippen LogP contribution in [0.15, 0.2) is 24.3 Å². The van der Waals surface area contributed by atoms with Gasteiger partial charge in [-0.1, -0.05) is 38.1 Å². The third kappa shape index (κ3) is 4.88. The van der Waals surface area contributed by atoms with Crippen molar-refractivity contribution in [1.82, 2.24) is 4.31 Å². The Labute approximate surface area is 137 Å². The van der Waals surface area contributed by atoms with Crippen LogP contribution in [0.3, 0.4) is 0 Å². The minimum atomic E-state index is -3.26. The molecule has 0 N–H and O–H groups in total. The van der Waals surface area contributed by atoms with Crippen LogP contribution >= 0.6 is 23.4 Å². The largest absolute Gasteiger partial charge is 0.218 e. The van der Waals surface area contributed by atoms with Crippen LogP contribution in [0, 0.1) is 0 Å². The summed E-state index contributed by atoms with van der Waals surface area (Å²) in [4.78, 5) is 0. The summed E-state index contributed by atoms with van der Waals surface area (Å²) in [5.74, 6) is 1.32. The van der Waals surface area contributed by atoms with E-state index in [1.165, 1.54) is 0 Å². The molecule has 1 aliphatic heterocycles. The van der Waals surface area contributed by atoms with E-state index >= 15 is 0 Å². The van der Waals surface area contributed by atoms with Crippen molar-refractivity contribution in [2.24, 2.45) is 0 Å². The molecule has 1 heterocycles. The van der Waals surface area contributed by atoms with E-state index in [0.717, 1.165) is 23.3 Å². The topological polar surface area (TPSA) is 37.4 Å². The number of rotatable bonds is 4. The predicted octanol–water partition coefficient (Wildman–Crippen LogP) is 3.47. The Bertz CT molecular complexity index is 587. The second kappa shape index (κ2) is 6.90. The number of halogens is 1. The van der Waals surface area contributed by atoms with Gasteiger partial charge in [0.1, 0.15) is 0 Å². The average molecular weight is 348 g/mol. The maximum atomic E-state index is 12.6. The predicted molar refractivity (Wildman–Crippen MR) is 91.3 cm³/mol. The monoisotopic (exact) mass is 347 g/mol. The summed E-state index contributed by atoms with van der Waals surface area (Å²) in [6, 6.07) is 7.50. The summed E-state index contributed by atoms with van der Waals surface area (Å²) >= 11 is 7.66. The van der Waals surface area contributed by atoms with Crippen molar-refractivity contribution in [2.45, 2.75) is 36.6 Å². The lowest BCUT2D eigenvalue weighted by Gasteiger charge is -2.22. The lowest BCUT2D eigenvalue weighted by Crippen LogP contribution is -2.34. The molecule has 0 spiro atoms. The second-order valence-electron chi connectivity index (χ2n) is 5.97. The van der Waals surface area contributed by atoms with Crippen molar-refractivity contribution in [3.63, 3.8) is 0 Å². The van der Waals surface area contributed by atoms with Crippen LogP contribution in [-0.4, -0.2) is 36.3 Å². The highest BCUT2D eigenvalue weighted by atomic mass is 35.5. The molecular formula is C15H22ClNO2S2. The van der Waals surface area contributed by atoms with Crippen LogP contribution in [0.5, 0.6) is 0 Å². The summed E-state index contributed by atoms with van der Waals surface area (Å²) < 4.78 is 27.0. The molecule has 118 valence electrons. The molecule has 3 nitrogen and oxygen atoms in total. The number of hydrogen-bond donors (Lipinski definition) is 0. The maximum absolute atomic E-state index is 12.6. The molecule has 0 radical (unpaired) electrons. The molecule has 0 aromatic heterocycles. The van der Waals surface area contributed by atoms with E-state index in [0.29, 0.717) is 19.0 Å². The molecule has 0 bridgehead atoms. The number of thioether (sulfide) groups is 1. The lowest BCUT2D eigenvalue weighted by atomic mass is 10.1. The zero-order valence-corrected chi connectivity index (χ0v) is 14.9. The molecule has 6 heteroatoms. The summed E-state index contributed by atoms with van der Waals surface area (Å²) in [5, 5.41) is 0. The van der Waals surface area contributed by atoms with E-state index < -0.39 is 10.0 Å². The maximum Gasteiger partial charge on any atom is 0.218 e. The highest BCUT2D eigenvalue weighted by molar-refractivity contribution is 8.00. The fraction of sp³-hybridized carbons (Fsp3) is 0.600. The van der Waals surface area contributed by atoms with Crippen LogP contribution in [0.4, 0.5) is 0 Å². The molecule has 0 amide bonds. The van der Waals surface area contributed by atoms with Gasteiger partial charge in [0.05, 0.1) is 5.75 Å². The first kappa shape index (κ1) is 17.1. The molecule has 0 aliphatic carbocycles. The van der Waals surface area contributed by atoms with Crippen molar-refractivity contribution in [2.75, 3.05) is 18.8 Å². The van der Waals surface area contributed by atoms with Gasteiger partial charge in [-0.25, -0.2) is 12.7 Å². The molecule has 0 unspecified atom stereocenters. The smallest absolute Gasteiger partial charge is 0.212 e. The molecule has 1 aliphatic rings. The van der Waals surface area contributed by atoms with Crippen LogP contribution in [0.2, 0.25) is 0 Å². The fourth-order valence-corrected chi connectivity index (χ4v) is 5.29. The van der Waals surface area contributed by atoms with E-state index in [1.54, 1.807) is 4.31 Å². The first-order valence-electron chi connectivity index (χ1n) is 7.08. The number of alkyl halides is 1. The zero-order chi connectivity index (χ0) is 15.5. The van der Waals surface area contributed by atoms with Crippen molar-refractivity contribution in [3.8, 4) is 0 Å². The van der Waals surface area contributed by atoms with Gasteiger partial charge in [0, 0.05) is 29.5 Å². The van der Waals surface area contributed by atoms with E-state index in [4.69, 9.17) is 11.6 Å². The first-order valence-corrected chi connectivity index (χ1v) is 10.2. The first-order chi connectivity index (χ1) is 9.82. The molecule has 21 heavy (non-hydrogen) atoms. The molecule has 1 saturated heterocycles. The van der Waals surface area contributed by atoms with Crippen LogP contribution in [0.25, 0.3) is 0 Å². The minimum absolute atomic E-state index is 0.0584. The Hall–Kier alpha value is -0.230. The van der Waals surface area contributed by atoms with Gasteiger partial charge in [-0.05, 0) is 17.5 Å². The Morgan fingerprint density at radius 1 is 1.29 bits per heavy atom. The van der Waals surface area contributed by atoms with E-state index in [9.17, 15) is 8.42 Å². The highest BCUT2D eigenvalue weighted by Gasteiger charge is 2.29. The summed E-state index contributed by atoms with van der Waals surface area (Å²) in [6.45, 7) is 5.57. The minimum Gasteiger partial charge on any atom is -0.212 e. The van der Waals surface area contributed by atoms with Gasteiger partial charge in [0.2, 0.25) is 10.0 Å². The Balaban J connectivity index is 2.10. The molecule has 1 aromatic carbocycles. The zero-order valence-electron chi connectivity index (χ0n) is 12.5.